The van der Waals surface area contributed by atoms with Crippen molar-refractivity contribution in [2.75, 3.05) is 21.2 Å². The van der Waals surface area contributed by atoms with Crippen LogP contribution in [0.1, 0.15) is 29.5 Å². The number of benzene rings is 3. The van der Waals surface area contributed by atoms with Crippen molar-refractivity contribution in [3.63, 3.8) is 0 Å². The van der Waals surface area contributed by atoms with Crippen LogP contribution in [-0.4, -0.2) is 27.1 Å². The first kappa shape index (κ1) is 19.9. The Labute approximate surface area is 167 Å². The van der Waals surface area contributed by atoms with E-state index in [0.29, 0.717) is 6.54 Å². The van der Waals surface area contributed by atoms with Gasteiger partial charge in [-0.1, -0.05) is 48.5 Å². The molecule has 0 spiro atoms. The van der Waals surface area contributed by atoms with Gasteiger partial charge in [0.1, 0.15) is 12.3 Å². The number of ether oxygens (including phenoxy) is 1. The number of nitrogens with one attached hydrogen (secondary N) is 2. The Hall–Kier alpha value is -2.85. The van der Waals surface area contributed by atoms with Crippen LogP contribution >= 0.6 is 0 Å². The Morgan fingerprint density at radius 3 is 2.39 bits per heavy atom. The van der Waals surface area contributed by atoms with Gasteiger partial charge < -0.3 is 15.0 Å². The maximum absolute atomic E-state index is 12.8. The third kappa shape index (κ3) is 4.70. The summed E-state index contributed by atoms with van der Waals surface area (Å²) in [4.78, 5) is 14.1. The molecule has 0 saturated carbocycles. The maximum Gasteiger partial charge on any atom is 0.227 e. The van der Waals surface area contributed by atoms with E-state index < -0.39 is 0 Å². The summed E-state index contributed by atoms with van der Waals surface area (Å²) in [6.07, 6.45) is 0. The number of rotatable bonds is 7. The molecule has 0 radical (unpaired) electrons. The second kappa shape index (κ2) is 8.89. The molecule has 0 fully saturated rings. The number of hydrogen-bond donors (Lipinski definition) is 2. The number of carbonyl (C=O) groups excluding carboxylic acids is 1. The van der Waals surface area contributed by atoms with E-state index in [1.54, 1.807) is 7.11 Å². The van der Waals surface area contributed by atoms with E-state index in [4.69, 9.17) is 4.74 Å². The first-order valence-electron chi connectivity index (χ1n) is 9.69. The molecule has 1 amide bonds. The van der Waals surface area contributed by atoms with Gasteiger partial charge in [-0.25, -0.2) is 0 Å². The molecule has 3 rings (SSSR count). The van der Waals surface area contributed by atoms with Crippen LogP contribution in [0, 0.1) is 0 Å². The molecule has 0 aromatic heterocycles. The lowest BCUT2D eigenvalue weighted by Crippen LogP contribution is -3.04. The van der Waals surface area contributed by atoms with Crippen molar-refractivity contribution in [2.24, 2.45) is 0 Å². The lowest BCUT2D eigenvalue weighted by molar-refractivity contribution is -0.872. The molecule has 4 nitrogen and oxygen atoms in total. The fraction of sp³-hybridized carbons (Fsp3) is 0.292. The minimum absolute atomic E-state index is 0.0415. The van der Waals surface area contributed by atoms with E-state index in [9.17, 15) is 4.79 Å². The monoisotopic (exact) mass is 377 g/mol. The highest BCUT2D eigenvalue weighted by molar-refractivity contribution is 5.88. The molecule has 0 saturated heterocycles. The van der Waals surface area contributed by atoms with Gasteiger partial charge in [-0.15, -0.1) is 0 Å². The van der Waals surface area contributed by atoms with Gasteiger partial charge in [-0.2, -0.15) is 0 Å². The molecular weight excluding hydrogens is 348 g/mol. The fourth-order valence-corrected chi connectivity index (χ4v) is 3.41. The minimum atomic E-state index is -0.210. The summed E-state index contributed by atoms with van der Waals surface area (Å²) >= 11 is 0. The van der Waals surface area contributed by atoms with E-state index >= 15 is 0 Å². The molecular formula is C24H29N2O2+. The van der Waals surface area contributed by atoms with E-state index in [0.717, 1.165) is 28.6 Å². The lowest BCUT2D eigenvalue weighted by Gasteiger charge is -2.16. The number of fused-ring (bicyclic) bond motifs is 1. The number of methoxy groups -OCH3 is 1. The van der Waals surface area contributed by atoms with Crippen LogP contribution in [-0.2, 0) is 17.9 Å². The van der Waals surface area contributed by atoms with Gasteiger partial charge in [0.05, 0.1) is 27.1 Å². The van der Waals surface area contributed by atoms with Crippen molar-refractivity contribution in [3.8, 4) is 5.75 Å². The molecule has 0 unspecified atom stereocenters. The van der Waals surface area contributed by atoms with Gasteiger partial charge in [0.15, 0.2) is 0 Å². The van der Waals surface area contributed by atoms with Crippen molar-refractivity contribution in [2.45, 2.75) is 25.9 Å². The zero-order chi connectivity index (χ0) is 20.1. The topological polar surface area (TPSA) is 42.8 Å². The van der Waals surface area contributed by atoms with Crippen LogP contribution < -0.4 is 15.0 Å². The number of carbonyl (C=O) groups is 1. The molecule has 28 heavy (non-hydrogen) atoms. The summed E-state index contributed by atoms with van der Waals surface area (Å²) in [7, 11) is 5.93. The zero-order valence-electron chi connectivity index (χ0n) is 17.1. The Balaban J connectivity index is 1.70. The van der Waals surface area contributed by atoms with Crippen molar-refractivity contribution < 1.29 is 14.4 Å². The minimum Gasteiger partial charge on any atom is -0.497 e. The summed E-state index contributed by atoms with van der Waals surface area (Å²) in [5.41, 5.74) is 3.46. The second-order valence-electron chi connectivity index (χ2n) is 7.56. The second-order valence-corrected chi connectivity index (χ2v) is 7.56. The van der Waals surface area contributed by atoms with Crippen LogP contribution in [0.3, 0.4) is 0 Å². The average Bonchev–Trinajstić information content (AvgIpc) is 2.71. The molecule has 0 bridgehead atoms. The fourth-order valence-electron chi connectivity index (χ4n) is 3.41. The third-order valence-corrected chi connectivity index (χ3v) is 5.08. The molecule has 0 aliphatic carbocycles. The van der Waals surface area contributed by atoms with Gasteiger partial charge in [0.2, 0.25) is 5.91 Å². The molecule has 3 aromatic carbocycles. The average molecular weight is 378 g/mol. The van der Waals surface area contributed by atoms with E-state index in [1.807, 2.05) is 43.3 Å². The van der Waals surface area contributed by atoms with Crippen LogP contribution in [0.25, 0.3) is 10.8 Å². The highest BCUT2D eigenvalue weighted by Crippen LogP contribution is 2.25. The Kier molecular flexibility index (Phi) is 6.32. The highest BCUT2D eigenvalue weighted by Gasteiger charge is 2.16. The number of quaternary nitrogens is 1. The van der Waals surface area contributed by atoms with Gasteiger partial charge in [-0.3, -0.25) is 4.79 Å². The van der Waals surface area contributed by atoms with Crippen molar-refractivity contribution >= 4 is 16.7 Å². The first-order chi connectivity index (χ1) is 13.5. The molecule has 0 heterocycles. The molecule has 4 heteroatoms. The van der Waals surface area contributed by atoms with Crippen LogP contribution in [0.15, 0.2) is 60.7 Å². The van der Waals surface area contributed by atoms with Gasteiger partial charge in [-0.05, 0) is 41.0 Å². The number of hydrogen-bond acceptors (Lipinski definition) is 2. The Morgan fingerprint density at radius 1 is 1.00 bits per heavy atom. The third-order valence-electron chi connectivity index (χ3n) is 5.08. The van der Waals surface area contributed by atoms with Crippen LogP contribution in [0.5, 0.6) is 5.75 Å². The van der Waals surface area contributed by atoms with Crippen molar-refractivity contribution in [3.05, 3.63) is 77.4 Å². The van der Waals surface area contributed by atoms with Crippen molar-refractivity contribution in [1.29, 1.82) is 0 Å². The number of amides is 1. The molecule has 146 valence electrons. The summed E-state index contributed by atoms with van der Waals surface area (Å²) in [5.74, 6) is 0.669. The normalized spacial score (nSPS) is 12.2. The maximum atomic E-state index is 12.8. The molecule has 0 aliphatic rings. The Bertz CT molecular complexity index is 966. The quantitative estimate of drug-likeness (QED) is 0.665. The molecule has 2 N–H and O–H groups in total. The van der Waals surface area contributed by atoms with Gasteiger partial charge in [0.25, 0.3) is 0 Å². The first-order valence-corrected chi connectivity index (χ1v) is 9.69. The SMILES string of the molecule is COc1ccc2cc([C@H](C)C(=O)NCc3ccccc3C[NH+](C)C)ccc2c1. The predicted octanol–water partition coefficient (Wildman–Crippen LogP) is 2.91. The summed E-state index contributed by atoms with van der Waals surface area (Å²) in [6, 6.07) is 20.4. The van der Waals surface area contributed by atoms with E-state index in [1.165, 1.54) is 16.0 Å². The largest absolute Gasteiger partial charge is 0.497 e. The summed E-state index contributed by atoms with van der Waals surface area (Å²) in [6.45, 7) is 3.45. The predicted molar refractivity (Wildman–Crippen MR) is 114 cm³/mol. The van der Waals surface area contributed by atoms with Gasteiger partial charge in [0, 0.05) is 12.1 Å². The van der Waals surface area contributed by atoms with E-state index in [2.05, 4.69) is 43.7 Å². The van der Waals surface area contributed by atoms with Crippen LogP contribution in [0.2, 0.25) is 0 Å². The summed E-state index contributed by atoms with van der Waals surface area (Å²) < 4.78 is 5.28. The zero-order valence-corrected chi connectivity index (χ0v) is 17.1. The van der Waals surface area contributed by atoms with Gasteiger partial charge >= 0.3 is 0 Å². The molecule has 0 aliphatic heterocycles. The lowest BCUT2D eigenvalue weighted by atomic mass is 9.96. The smallest absolute Gasteiger partial charge is 0.227 e. The molecule has 3 aromatic rings. The molecule has 1 atom stereocenters. The summed E-state index contributed by atoms with van der Waals surface area (Å²) in [5, 5.41) is 5.32. The van der Waals surface area contributed by atoms with E-state index in [-0.39, 0.29) is 11.8 Å². The van der Waals surface area contributed by atoms with Crippen LogP contribution in [0.4, 0.5) is 0 Å². The Morgan fingerprint density at radius 2 is 1.68 bits per heavy atom. The van der Waals surface area contributed by atoms with Crippen molar-refractivity contribution in [1.82, 2.24) is 5.32 Å². The highest BCUT2D eigenvalue weighted by atomic mass is 16.5. The standard InChI is InChI=1S/C24H28N2O2/c1-17(18-9-10-20-14-23(28-4)12-11-19(20)13-18)24(27)25-15-21-7-5-6-8-22(21)16-26(2)3/h5-14,17H,15-16H2,1-4H3,(H,25,27)/p+1/t17-/m0/s1.